The van der Waals surface area contributed by atoms with E-state index in [1.54, 1.807) is 18.5 Å². The summed E-state index contributed by atoms with van der Waals surface area (Å²) >= 11 is 8.54. The van der Waals surface area contributed by atoms with Gasteiger partial charge in [-0.05, 0) is 12.1 Å². The van der Waals surface area contributed by atoms with Gasteiger partial charge in [0.15, 0.2) is 5.13 Å². The van der Waals surface area contributed by atoms with E-state index in [0.717, 1.165) is 4.88 Å². The Morgan fingerprint density at radius 3 is 2.83 bits per heavy atom. The molecule has 2 aromatic heterocycles. The van der Waals surface area contributed by atoms with Crippen LogP contribution in [-0.2, 0) is 22.7 Å². The fourth-order valence-corrected chi connectivity index (χ4v) is 4.28. The highest BCUT2D eigenvalue weighted by molar-refractivity contribution is 7.16. The Bertz CT molecular complexity index is 957. The first-order valence-corrected chi connectivity index (χ1v) is 10.7. The van der Waals surface area contributed by atoms with E-state index in [-0.39, 0.29) is 30.8 Å². The van der Waals surface area contributed by atoms with Crippen molar-refractivity contribution >= 4 is 63.0 Å². The van der Waals surface area contributed by atoms with Crippen molar-refractivity contribution in [3.05, 3.63) is 32.4 Å². The number of hydrogen-bond donors (Lipinski definition) is 2. The molecule has 9 nitrogen and oxygen atoms in total. The summed E-state index contributed by atoms with van der Waals surface area (Å²) in [5.41, 5.74) is 0.989. The standard InChI is InChI=1S/C17H19ClN6O3S2/c1-23(15(26)12-4-6-14(25)24(2)22-12)8-10-9-28-17(20-10)21-16(27)19-7-11-3-5-13(18)29-11/h3,5,9H,4,6-8H2,1-2H3,(H2,19,20,21,27). The van der Waals surface area contributed by atoms with Crippen LogP contribution in [-0.4, -0.2) is 52.5 Å². The number of urea groups is 1. The number of carbonyl (C=O) groups excluding carboxylic acids is 3. The van der Waals surface area contributed by atoms with E-state index in [4.69, 9.17) is 11.6 Å². The Morgan fingerprint density at radius 2 is 2.14 bits per heavy atom. The zero-order chi connectivity index (χ0) is 21.0. The van der Waals surface area contributed by atoms with Crippen LogP contribution in [0.3, 0.4) is 0 Å². The predicted molar refractivity (Wildman–Crippen MR) is 113 cm³/mol. The Hall–Kier alpha value is -2.50. The molecule has 0 unspecified atom stereocenters. The average molecular weight is 455 g/mol. The molecule has 0 aliphatic carbocycles. The molecular formula is C17H19ClN6O3S2. The van der Waals surface area contributed by atoms with Crippen LogP contribution in [0.1, 0.15) is 23.4 Å². The maximum absolute atomic E-state index is 12.5. The molecule has 1 aliphatic rings. The van der Waals surface area contributed by atoms with Gasteiger partial charge in [-0.3, -0.25) is 14.9 Å². The van der Waals surface area contributed by atoms with Crippen molar-refractivity contribution in [3.63, 3.8) is 0 Å². The van der Waals surface area contributed by atoms with Crippen LogP contribution in [0.2, 0.25) is 4.34 Å². The van der Waals surface area contributed by atoms with Crippen LogP contribution in [0.25, 0.3) is 0 Å². The maximum atomic E-state index is 12.5. The van der Waals surface area contributed by atoms with Gasteiger partial charge in [0.2, 0.25) is 5.91 Å². The summed E-state index contributed by atoms with van der Waals surface area (Å²) in [5, 5.41) is 12.8. The summed E-state index contributed by atoms with van der Waals surface area (Å²) in [7, 11) is 3.18. The molecule has 3 heterocycles. The number of halogens is 1. The molecule has 0 aromatic carbocycles. The second-order valence-corrected chi connectivity index (χ2v) is 8.94. The maximum Gasteiger partial charge on any atom is 0.321 e. The van der Waals surface area contributed by atoms with Crippen molar-refractivity contribution in [1.29, 1.82) is 0 Å². The number of amides is 4. The SMILES string of the molecule is CN(Cc1csc(NC(=O)NCc2ccc(Cl)s2)n1)C(=O)C1=NN(C)C(=O)CC1. The van der Waals surface area contributed by atoms with Crippen molar-refractivity contribution in [2.75, 3.05) is 19.4 Å². The third-order valence-corrected chi connectivity index (χ3v) is 6.06. The van der Waals surface area contributed by atoms with Gasteiger partial charge in [0.05, 0.1) is 23.1 Å². The molecule has 1 aliphatic heterocycles. The molecule has 4 amide bonds. The highest BCUT2D eigenvalue weighted by Gasteiger charge is 2.24. The third-order valence-electron chi connectivity index (χ3n) is 4.02. The Balaban J connectivity index is 1.50. The van der Waals surface area contributed by atoms with Gasteiger partial charge in [0.25, 0.3) is 5.91 Å². The normalized spacial score (nSPS) is 13.8. The molecule has 0 spiro atoms. The lowest BCUT2D eigenvalue weighted by Gasteiger charge is -2.22. The number of hydrazone groups is 1. The van der Waals surface area contributed by atoms with Crippen LogP contribution in [0, 0.1) is 0 Å². The summed E-state index contributed by atoms with van der Waals surface area (Å²) in [6.07, 6.45) is 0.596. The number of anilines is 1. The summed E-state index contributed by atoms with van der Waals surface area (Å²) in [6.45, 7) is 0.640. The molecule has 29 heavy (non-hydrogen) atoms. The highest BCUT2D eigenvalue weighted by atomic mass is 35.5. The smallest absolute Gasteiger partial charge is 0.321 e. The zero-order valence-electron chi connectivity index (χ0n) is 15.8. The third kappa shape index (κ3) is 5.75. The Kier molecular flexibility index (Phi) is 6.83. The van der Waals surface area contributed by atoms with E-state index in [1.165, 1.54) is 39.6 Å². The minimum absolute atomic E-state index is 0.111. The summed E-state index contributed by atoms with van der Waals surface area (Å²) < 4.78 is 0.669. The van der Waals surface area contributed by atoms with Gasteiger partial charge in [-0.1, -0.05) is 11.6 Å². The lowest BCUT2D eigenvalue weighted by atomic mass is 10.1. The molecule has 154 valence electrons. The molecule has 12 heteroatoms. The highest BCUT2D eigenvalue weighted by Crippen LogP contribution is 2.21. The van der Waals surface area contributed by atoms with Crippen molar-refractivity contribution in [3.8, 4) is 0 Å². The molecule has 0 bridgehead atoms. The number of carbonyl (C=O) groups is 3. The molecule has 2 N–H and O–H groups in total. The first-order chi connectivity index (χ1) is 13.8. The average Bonchev–Trinajstić information content (AvgIpc) is 3.30. The largest absolute Gasteiger partial charge is 0.335 e. The lowest BCUT2D eigenvalue weighted by Crippen LogP contribution is -2.38. The fourth-order valence-electron chi connectivity index (χ4n) is 2.55. The number of aromatic nitrogens is 1. The van der Waals surface area contributed by atoms with Gasteiger partial charge < -0.3 is 10.2 Å². The van der Waals surface area contributed by atoms with E-state index in [9.17, 15) is 14.4 Å². The van der Waals surface area contributed by atoms with E-state index in [2.05, 4.69) is 20.7 Å². The van der Waals surface area contributed by atoms with Crippen LogP contribution >= 0.6 is 34.3 Å². The molecule has 0 saturated carbocycles. The molecule has 3 rings (SSSR count). The number of rotatable bonds is 6. The van der Waals surface area contributed by atoms with Crippen LogP contribution < -0.4 is 10.6 Å². The lowest BCUT2D eigenvalue weighted by molar-refractivity contribution is -0.130. The summed E-state index contributed by atoms with van der Waals surface area (Å²) in [5.74, 6) is -0.362. The number of nitrogens with zero attached hydrogens (tertiary/aromatic N) is 4. The number of hydrogen-bond acceptors (Lipinski definition) is 7. The van der Waals surface area contributed by atoms with Gasteiger partial charge in [-0.25, -0.2) is 14.8 Å². The van der Waals surface area contributed by atoms with Gasteiger partial charge in [-0.2, -0.15) is 5.10 Å². The van der Waals surface area contributed by atoms with Crippen LogP contribution in [0.4, 0.5) is 9.93 Å². The number of nitrogens with one attached hydrogen (secondary N) is 2. The van der Waals surface area contributed by atoms with E-state index in [1.807, 2.05) is 6.07 Å². The molecule has 0 fully saturated rings. The van der Waals surface area contributed by atoms with Crippen molar-refractivity contribution in [2.45, 2.75) is 25.9 Å². The second kappa shape index (κ2) is 9.33. The molecule has 0 saturated heterocycles. The van der Waals surface area contributed by atoms with Crippen molar-refractivity contribution in [1.82, 2.24) is 20.2 Å². The van der Waals surface area contributed by atoms with Crippen LogP contribution in [0.15, 0.2) is 22.6 Å². The Morgan fingerprint density at radius 1 is 1.34 bits per heavy atom. The van der Waals surface area contributed by atoms with E-state index >= 15 is 0 Å². The van der Waals surface area contributed by atoms with Gasteiger partial charge in [-0.15, -0.1) is 22.7 Å². The molecule has 0 atom stereocenters. The minimum Gasteiger partial charge on any atom is -0.335 e. The zero-order valence-corrected chi connectivity index (χ0v) is 18.2. The number of thiophene rings is 1. The first-order valence-electron chi connectivity index (χ1n) is 8.65. The monoisotopic (exact) mass is 454 g/mol. The van der Waals surface area contributed by atoms with E-state index < -0.39 is 0 Å². The molecule has 2 aromatic rings. The van der Waals surface area contributed by atoms with Gasteiger partial charge in [0.1, 0.15) is 5.71 Å². The summed E-state index contributed by atoms with van der Waals surface area (Å²) in [6, 6.07) is 3.26. The van der Waals surface area contributed by atoms with E-state index in [0.29, 0.717) is 33.8 Å². The molecule has 0 radical (unpaired) electrons. The topological polar surface area (TPSA) is 107 Å². The minimum atomic E-state index is -0.371. The number of thiazole rings is 1. The fraction of sp³-hybridized carbons (Fsp3) is 0.353. The Labute approximate surface area is 180 Å². The quantitative estimate of drug-likeness (QED) is 0.699. The predicted octanol–water partition coefficient (Wildman–Crippen LogP) is 2.75. The van der Waals surface area contributed by atoms with Crippen molar-refractivity contribution < 1.29 is 14.4 Å². The van der Waals surface area contributed by atoms with Crippen molar-refractivity contribution in [2.24, 2.45) is 5.10 Å². The van der Waals surface area contributed by atoms with Gasteiger partial charge >= 0.3 is 6.03 Å². The van der Waals surface area contributed by atoms with Gasteiger partial charge in [0, 0.05) is 37.2 Å². The second-order valence-electron chi connectivity index (χ2n) is 6.28. The van der Waals surface area contributed by atoms with Crippen LogP contribution in [0.5, 0.6) is 0 Å². The molecular weight excluding hydrogens is 436 g/mol. The summed E-state index contributed by atoms with van der Waals surface area (Å²) in [4.78, 5) is 42.8. The first kappa shape index (κ1) is 21.2.